The number of hydrogen-bond donors (Lipinski definition) is 2. The Hall–Kier alpha value is -2.12. The fraction of sp³-hybridized carbons (Fsp3) is 0.421. The summed E-state index contributed by atoms with van der Waals surface area (Å²) < 4.78 is 28.0. The van der Waals surface area contributed by atoms with Crippen LogP contribution in [-0.4, -0.2) is 41.5 Å². The van der Waals surface area contributed by atoms with E-state index in [0.717, 1.165) is 17.5 Å². The number of carbonyl (C=O) groups is 1. The molecule has 0 heterocycles. The van der Waals surface area contributed by atoms with Gasteiger partial charge in [0.1, 0.15) is 0 Å². The lowest BCUT2D eigenvalue weighted by Crippen LogP contribution is -2.36. The standard InChI is InChI=1S/C19H27N3O3S/c1-5-14(2)19(23)20-12-13-21-26(24,25)18-11-7-8-15-16(18)9-6-10-17(15)22(3)4/h6-11,14,21H,5,12-13H2,1-4H3,(H,20,23). The Morgan fingerprint density at radius 2 is 1.73 bits per heavy atom. The van der Waals surface area contributed by atoms with E-state index in [-0.39, 0.29) is 29.8 Å². The number of fused-ring (bicyclic) bond motifs is 1. The number of rotatable bonds is 8. The number of amides is 1. The van der Waals surface area contributed by atoms with Gasteiger partial charge in [-0.15, -0.1) is 0 Å². The van der Waals surface area contributed by atoms with Gasteiger partial charge < -0.3 is 10.2 Å². The fourth-order valence-corrected chi connectivity index (χ4v) is 3.95. The van der Waals surface area contributed by atoms with Gasteiger partial charge in [0, 0.05) is 49.6 Å². The van der Waals surface area contributed by atoms with E-state index in [4.69, 9.17) is 0 Å². The van der Waals surface area contributed by atoms with Gasteiger partial charge in [-0.25, -0.2) is 13.1 Å². The van der Waals surface area contributed by atoms with E-state index >= 15 is 0 Å². The minimum absolute atomic E-state index is 0.0625. The molecule has 0 aromatic heterocycles. The molecule has 2 rings (SSSR count). The molecule has 0 radical (unpaired) electrons. The number of nitrogens with zero attached hydrogens (tertiary/aromatic N) is 1. The van der Waals surface area contributed by atoms with Crippen LogP contribution in [0.1, 0.15) is 20.3 Å². The number of sulfonamides is 1. The second-order valence-electron chi connectivity index (χ2n) is 6.52. The first-order valence-corrected chi connectivity index (χ1v) is 10.2. The summed E-state index contributed by atoms with van der Waals surface area (Å²) in [5, 5.41) is 4.30. The van der Waals surface area contributed by atoms with Crippen molar-refractivity contribution in [2.75, 3.05) is 32.1 Å². The van der Waals surface area contributed by atoms with E-state index in [0.29, 0.717) is 5.39 Å². The zero-order valence-electron chi connectivity index (χ0n) is 15.7. The van der Waals surface area contributed by atoms with Crippen LogP contribution < -0.4 is 14.9 Å². The smallest absolute Gasteiger partial charge is 0.241 e. The highest BCUT2D eigenvalue weighted by Gasteiger charge is 2.18. The van der Waals surface area contributed by atoms with Gasteiger partial charge >= 0.3 is 0 Å². The van der Waals surface area contributed by atoms with Crippen molar-refractivity contribution in [1.82, 2.24) is 10.0 Å². The molecule has 2 aromatic rings. The molecule has 1 unspecified atom stereocenters. The highest BCUT2D eigenvalue weighted by atomic mass is 32.2. The minimum Gasteiger partial charge on any atom is -0.377 e. The molecule has 142 valence electrons. The summed E-state index contributed by atoms with van der Waals surface area (Å²) in [4.78, 5) is 13.9. The molecule has 0 bridgehead atoms. The lowest BCUT2D eigenvalue weighted by molar-refractivity contribution is -0.124. The van der Waals surface area contributed by atoms with Crippen molar-refractivity contribution in [3.63, 3.8) is 0 Å². The van der Waals surface area contributed by atoms with E-state index in [1.165, 1.54) is 0 Å². The summed E-state index contributed by atoms with van der Waals surface area (Å²) in [7, 11) is 0.177. The summed E-state index contributed by atoms with van der Waals surface area (Å²) in [6.45, 7) is 4.19. The van der Waals surface area contributed by atoms with Crippen LogP contribution in [0.4, 0.5) is 5.69 Å². The summed E-state index contributed by atoms with van der Waals surface area (Å²) >= 11 is 0. The average Bonchev–Trinajstić information content (AvgIpc) is 2.63. The molecule has 6 nitrogen and oxygen atoms in total. The maximum Gasteiger partial charge on any atom is 0.241 e. The molecule has 0 aliphatic rings. The Bertz CT molecular complexity index is 879. The molecule has 1 atom stereocenters. The third kappa shape index (κ3) is 4.53. The third-order valence-electron chi connectivity index (χ3n) is 4.41. The van der Waals surface area contributed by atoms with Gasteiger partial charge in [-0.3, -0.25) is 4.79 Å². The Kier molecular flexibility index (Phi) is 6.61. The summed E-state index contributed by atoms with van der Waals surface area (Å²) in [5.74, 6) is -0.137. The third-order valence-corrected chi connectivity index (χ3v) is 5.93. The monoisotopic (exact) mass is 377 g/mol. The quantitative estimate of drug-likeness (QED) is 0.692. The molecule has 26 heavy (non-hydrogen) atoms. The minimum atomic E-state index is -3.67. The van der Waals surface area contributed by atoms with E-state index in [1.807, 2.05) is 57.1 Å². The van der Waals surface area contributed by atoms with E-state index < -0.39 is 10.0 Å². The van der Waals surface area contributed by atoms with Gasteiger partial charge in [-0.2, -0.15) is 0 Å². The molecule has 0 aliphatic heterocycles. The molecule has 0 saturated heterocycles. The van der Waals surface area contributed by atoms with Crippen LogP contribution >= 0.6 is 0 Å². The fourth-order valence-electron chi connectivity index (χ4n) is 2.70. The van der Waals surface area contributed by atoms with Gasteiger partial charge in [-0.1, -0.05) is 38.1 Å². The Balaban J connectivity index is 2.17. The topological polar surface area (TPSA) is 78.5 Å². The van der Waals surface area contributed by atoms with Crippen molar-refractivity contribution in [2.24, 2.45) is 5.92 Å². The van der Waals surface area contributed by atoms with Crippen LogP contribution in [0, 0.1) is 5.92 Å². The Morgan fingerprint density at radius 3 is 2.38 bits per heavy atom. The highest BCUT2D eigenvalue weighted by molar-refractivity contribution is 7.89. The lowest BCUT2D eigenvalue weighted by Gasteiger charge is -2.17. The molecule has 0 aliphatic carbocycles. The first-order valence-electron chi connectivity index (χ1n) is 8.74. The number of carbonyl (C=O) groups excluding carboxylic acids is 1. The van der Waals surface area contributed by atoms with Crippen LogP contribution in [0.5, 0.6) is 0 Å². The normalized spacial score (nSPS) is 12.8. The van der Waals surface area contributed by atoms with Crippen molar-refractivity contribution in [2.45, 2.75) is 25.2 Å². The Morgan fingerprint density at radius 1 is 1.08 bits per heavy atom. The number of nitrogens with one attached hydrogen (secondary N) is 2. The molecular formula is C19H27N3O3S. The SMILES string of the molecule is CCC(C)C(=O)NCCNS(=O)(=O)c1cccc2c(N(C)C)cccc12. The molecular weight excluding hydrogens is 350 g/mol. The maximum atomic E-state index is 12.7. The van der Waals surface area contributed by atoms with Crippen molar-refractivity contribution in [3.8, 4) is 0 Å². The Labute approximate surface area is 155 Å². The van der Waals surface area contributed by atoms with Crippen molar-refractivity contribution >= 4 is 32.4 Å². The molecule has 2 N–H and O–H groups in total. The van der Waals surface area contributed by atoms with Gasteiger partial charge in [-0.05, 0) is 18.6 Å². The van der Waals surface area contributed by atoms with Gasteiger partial charge in [0.05, 0.1) is 4.90 Å². The number of benzene rings is 2. The van der Waals surface area contributed by atoms with Crippen LogP contribution in [0.2, 0.25) is 0 Å². The molecule has 0 fully saturated rings. The van der Waals surface area contributed by atoms with E-state index in [9.17, 15) is 13.2 Å². The van der Waals surface area contributed by atoms with E-state index in [2.05, 4.69) is 10.0 Å². The number of anilines is 1. The second kappa shape index (κ2) is 8.51. The van der Waals surface area contributed by atoms with Crippen molar-refractivity contribution in [1.29, 1.82) is 0 Å². The molecule has 7 heteroatoms. The van der Waals surface area contributed by atoms with Gasteiger partial charge in [0.15, 0.2) is 0 Å². The highest BCUT2D eigenvalue weighted by Crippen LogP contribution is 2.29. The van der Waals surface area contributed by atoms with Crippen LogP contribution in [0.15, 0.2) is 41.3 Å². The summed E-state index contributed by atoms with van der Waals surface area (Å²) in [6, 6.07) is 10.9. The predicted molar refractivity (Wildman–Crippen MR) is 106 cm³/mol. The zero-order chi connectivity index (χ0) is 19.3. The second-order valence-corrected chi connectivity index (χ2v) is 8.26. The summed E-state index contributed by atoms with van der Waals surface area (Å²) in [6.07, 6.45) is 0.752. The largest absolute Gasteiger partial charge is 0.377 e. The van der Waals surface area contributed by atoms with Crippen molar-refractivity contribution < 1.29 is 13.2 Å². The van der Waals surface area contributed by atoms with Crippen LogP contribution in [0.3, 0.4) is 0 Å². The maximum absolute atomic E-state index is 12.7. The molecule has 0 spiro atoms. The van der Waals surface area contributed by atoms with E-state index in [1.54, 1.807) is 12.1 Å². The van der Waals surface area contributed by atoms with Crippen LogP contribution in [0.25, 0.3) is 10.8 Å². The molecule has 2 aromatic carbocycles. The summed E-state index contributed by atoms with van der Waals surface area (Å²) in [5.41, 5.74) is 0.959. The zero-order valence-corrected chi connectivity index (χ0v) is 16.6. The van der Waals surface area contributed by atoms with Gasteiger partial charge in [0.2, 0.25) is 15.9 Å². The first-order chi connectivity index (χ1) is 12.3. The predicted octanol–water partition coefficient (Wildman–Crippen LogP) is 2.35. The average molecular weight is 378 g/mol. The molecule has 0 saturated carbocycles. The number of hydrogen-bond acceptors (Lipinski definition) is 4. The van der Waals surface area contributed by atoms with Crippen molar-refractivity contribution in [3.05, 3.63) is 36.4 Å². The van der Waals surface area contributed by atoms with Gasteiger partial charge in [0.25, 0.3) is 0 Å². The van der Waals surface area contributed by atoms with Crippen LogP contribution in [-0.2, 0) is 14.8 Å². The first kappa shape index (κ1) is 20.2. The molecule has 1 amide bonds. The lowest BCUT2D eigenvalue weighted by atomic mass is 10.1.